The van der Waals surface area contributed by atoms with Crippen LogP contribution in [-0.2, 0) is 35.1 Å². The highest BCUT2D eigenvalue weighted by atomic mass is 16.6. The first-order valence-corrected chi connectivity index (χ1v) is 14.2. The second-order valence-electron chi connectivity index (χ2n) is 11.0. The molecule has 2 aromatic rings. The van der Waals surface area contributed by atoms with E-state index in [1.807, 2.05) is 30.0 Å². The molecule has 4 atom stereocenters. The van der Waals surface area contributed by atoms with E-state index < -0.39 is 35.5 Å². The summed E-state index contributed by atoms with van der Waals surface area (Å²) in [6.07, 6.45) is 0.151. The van der Waals surface area contributed by atoms with Crippen molar-refractivity contribution in [2.24, 2.45) is 0 Å². The van der Waals surface area contributed by atoms with Crippen LogP contribution in [0.2, 0.25) is 0 Å². The minimum Gasteiger partial charge on any atom is -0.497 e. The molecule has 2 heterocycles. The predicted molar refractivity (Wildman–Crippen MR) is 161 cm³/mol. The fraction of sp³-hybridized carbons (Fsp3) is 0.484. The molecule has 2 aliphatic rings. The van der Waals surface area contributed by atoms with Gasteiger partial charge in [0.05, 0.1) is 33.5 Å². The van der Waals surface area contributed by atoms with Crippen LogP contribution in [0.15, 0.2) is 48.5 Å². The minimum absolute atomic E-state index is 0. The monoisotopic (exact) mass is 586 g/mol. The van der Waals surface area contributed by atoms with Crippen molar-refractivity contribution < 1.29 is 37.7 Å². The molecule has 0 aliphatic carbocycles. The number of hydrogen-bond donors (Lipinski definition) is 3. The number of nitrogens with zero attached hydrogens (tertiary/aromatic N) is 1. The lowest BCUT2D eigenvalue weighted by Gasteiger charge is -2.27. The topological polar surface area (TPSA) is 139 Å². The van der Waals surface area contributed by atoms with Gasteiger partial charge in [-0.05, 0) is 44.0 Å². The Morgan fingerprint density at radius 1 is 1.02 bits per heavy atom. The Morgan fingerprint density at radius 3 is 2.33 bits per heavy atom. The molecule has 42 heavy (non-hydrogen) atoms. The highest BCUT2D eigenvalue weighted by Crippen LogP contribution is 2.33. The van der Waals surface area contributed by atoms with Crippen LogP contribution in [0, 0.1) is 6.92 Å². The van der Waals surface area contributed by atoms with Crippen molar-refractivity contribution in [1.29, 1.82) is 0 Å². The number of benzene rings is 2. The number of hydrogen-bond acceptors (Lipinski definition) is 8. The average Bonchev–Trinajstić information content (AvgIpc) is 3.74. The Bertz CT molecular complexity index is 1290. The lowest BCUT2D eigenvalue weighted by molar-refractivity contribution is -0.134. The lowest BCUT2D eigenvalue weighted by atomic mass is 9.93. The van der Waals surface area contributed by atoms with Crippen LogP contribution in [-0.4, -0.2) is 92.7 Å². The van der Waals surface area contributed by atoms with Crippen LogP contribution in [0.1, 0.15) is 40.9 Å². The Labute approximate surface area is 250 Å². The first-order valence-electron chi connectivity index (χ1n) is 14.2. The van der Waals surface area contributed by atoms with Gasteiger partial charge < -0.3 is 30.2 Å². The van der Waals surface area contributed by atoms with E-state index in [4.69, 9.17) is 14.2 Å². The summed E-state index contributed by atoms with van der Waals surface area (Å²) in [6.45, 7) is 8.00. The summed E-state index contributed by atoms with van der Waals surface area (Å²) in [5.74, 6) is -0.952. The first kappa shape index (κ1) is 31.1. The summed E-state index contributed by atoms with van der Waals surface area (Å²) in [5.41, 5.74) is 1.36. The van der Waals surface area contributed by atoms with Gasteiger partial charge in [0.2, 0.25) is 17.7 Å². The molecule has 11 nitrogen and oxygen atoms in total. The van der Waals surface area contributed by atoms with Crippen molar-refractivity contribution in [2.45, 2.75) is 50.9 Å². The summed E-state index contributed by atoms with van der Waals surface area (Å²) >= 11 is 0. The molecular weight excluding hydrogens is 540 g/mol. The molecule has 3 N–H and O–H groups in total. The van der Waals surface area contributed by atoms with Crippen LogP contribution in [0.25, 0.3) is 0 Å². The predicted octanol–water partition coefficient (Wildman–Crippen LogP) is 1.82. The van der Waals surface area contributed by atoms with Crippen molar-refractivity contribution in [2.75, 3.05) is 46.6 Å². The summed E-state index contributed by atoms with van der Waals surface area (Å²) in [4.78, 5) is 55.0. The van der Waals surface area contributed by atoms with E-state index in [0.717, 1.165) is 11.1 Å². The van der Waals surface area contributed by atoms with Gasteiger partial charge in [-0.2, -0.15) is 0 Å². The first-order chi connectivity index (χ1) is 20.1. The molecule has 0 radical (unpaired) electrons. The Kier molecular flexibility index (Phi) is 10.3. The molecule has 11 heteroatoms. The molecule has 0 unspecified atom stereocenters. The van der Waals surface area contributed by atoms with Crippen LogP contribution >= 0.6 is 0 Å². The molecule has 0 saturated carbocycles. The van der Waals surface area contributed by atoms with Crippen molar-refractivity contribution in [1.82, 2.24) is 20.9 Å². The van der Waals surface area contributed by atoms with Gasteiger partial charge >= 0.3 is 0 Å². The maximum absolute atomic E-state index is 13.8. The van der Waals surface area contributed by atoms with Crippen LogP contribution in [0.4, 0.5) is 0 Å². The van der Waals surface area contributed by atoms with Gasteiger partial charge in [0.25, 0.3) is 0 Å². The molecule has 4 rings (SSSR count). The maximum Gasteiger partial charge on any atom is 0.243 e. The number of carbonyl (C=O) groups is 4. The molecule has 3 amide bonds. The molecule has 2 aliphatic heterocycles. The number of morpholine rings is 1. The summed E-state index contributed by atoms with van der Waals surface area (Å²) < 4.78 is 16.0. The third-order valence-electron chi connectivity index (χ3n) is 7.50. The fourth-order valence-electron chi connectivity index (χ4n) is 4.77. The minimum atomic E-state index is -1.03. The van der Waals surface area contributed by atoms with Crippen molar-refractivity contribution >= 4 is 23.5 Å². The van der Waals surface area contributed by atoms with Gasteiger partial charge in [0.1, 0.15) is 29.5 Å². The van der Waals surface area contributed by atoms with Crippen LogP contribution in [0.5, 0.6) is 5.75 Å². The quantitative estimate of drug-likeness (QED) is 0.302. The van der Waals surface area contributed by atoms with Crippen LogP contribution in [0.3, 0.4) is 0 Å². The summed E-state index contributed by atoms with van der Waals surface area (Å²) in [6, 6.07) is 11.6. The highest BCUT2D eigenvalue weighted by Gasteiger charge is 2.50. The molecule has 0 spiro atoms. The Hall–Kier alpha value is -3.80. The van der Waals surface area contributed by atoms with E-state index in [-0.39, 0.29) is 35.5 Å². The average molecular weight is 587 g/mol. The van der Waals surface area contributed by atoms with Gasteiger partial charge in [0, 0.05) is 23.8 Å². The molecule has 2 aromatic carbocycles. The van der Waals surface area contributed by atoms with Gasteiger partial charge in [0.15, 0.2) is 5.78 Å². The molecule has 2 fully saturated rings. The second kappa shape index (κ2) is 13.9. The maximum atomic E-state index is 13.8. The zero-order valence-corrected chi connectivity index (χ0v) is 24.6. The van der Waals surface area contributed by atoms with Gasteiger partial charge in [-0.3, -0.25) is 24.1 Å². The van der Waals surface area contributed by atoms with Crippen molar-refractivity contribution in [3.63, 3.8) is 0 Å². The molecule has 0 aromatic heterocycles. The number of nitrogens with one attached hydrogen (secondary N) is 3. The molecule has 2 saturated heterocycles. The van der Waals surface area contributed by atoms with E-state index in [9.17, 15) is 19.2 Å². The number of Topliss-reactive ketones (excluding diaryl/α,β-unsaturated/α-hetero) is 1. The number of epoxide rings is 1. The van der Waals surface area contributed by atoms with Gasteiger partial charge in [-0.1, -0.05) is 42.0 Å². The van der Waals surface area contributed by atoms with Crippen molar-refractivity contribution in [3.05, 3.63) is 65.2 Å². The standard InChI is InChI=1S/C31H40N4O7.3H2/c1-20-6-5-7-23(16-20)27(28(37)31(3)19-42-31)34-30(39)25(17-22-8-10-24(40-4)11-9-22)33-29(38)21(2)32-26(36)18-35-12-14-41-15-13-35;;;/h5-11,16,21,25,27H,12-15,17-19H2,1-4H3,(H,32,36)(H,33,38)(H,34,39);3*1H/t21-,25-,27-,31+;;;/m0.../s1. The van der Waals surface area contributed by atoms with Crippen LogP contribution < -0.4 is 20.7 Å². The number of methoxy groups -OCH3 is 1. The smallest absolute Gasteiger partial charge is 0.243 e. The number of ether oxygens (including phenoxy) is 3. The van der Waals surface area contributed by atoms with Crippen molar-refractivity contribution in [3.8, 4) is 5.75 Å². The number of aryl methyl sites for hydroxylation is 1. The summed E-state index contributed by atoms with van der Waals surface area (Å²) in [7, 11) is 1.56. The van der Waals surface area contributed by atoms with Gasteiger partial charge in [-0.25, -0.2) is 0 Å². The lowest BCUT2D eigenvalue weighted by Crippen LogP contribution is -2.55. The normalized spacial score (nSPS) is 20.5. The number of rotatable bonds is 13. The van der Waals surface area contributed by atoms with E-state index in [0.29, 0.717) is 37.6 Å². The van der Waals surface area contributed by atoms with E-state index in [2.05, 4.69) is 16.0 Å². The third kappa shape index (κ3) is 8.37. The van der Waals surface area contributed by atoms with Gasteiger partial charge in [-0.15, -0.1) is 0 Å². The Balaban J connectivity index is 0.00000337. The zero-order valence-electron chi connectivity index (χ0n) is 24.6. The highest BCUT2D eigenvalue weighted by molar-refractivity contribution is 5.99. The second-order valence-corrected chi connectivity index (χ2v) is 11.0. The largest absolute Gasteiger partial charge is 0.497 e. The zero-order chi connectivity index (χ0) is 30.3. The Morgan fingerprint density at radius 2 is 1.71 bits per heavy atom. The third-order valence-corrected chi connectivity index (χ3v) is 7.50. The molecular formula is C31H46N4O7. The van der Waals surface area contributed by atoms with E-state index in [1.54, 1.807) is 51.3 Å². The number of ketones is 1. The molecule has 0 bridgehead atoms. The number of amides is 3. The molecule has 232 valence electrons. The number of carbonyl (C=O) groups excluding carboxylic acids is 4. The van der Waals surface area contributed by atoms with E-state index in [1.165, 1.54) is 0 Å². The SMILES string of the molecule is COc1ccc(C[C@H](NC(=O)[C@H](C)NC(=O)CN2CCOCC2)C(=O)N[C@H](C(=O)[C@@]2(C)CO2)c2cccc(C)c2)cc1.[HH].[HH].[HH]. The summed E-state index contributed by atoms with van der Waals surface area (Å²) in [5, 5.41) is 8.38. The van der Waals surface area contributed by atoms with E-state index >= 15 is 0 Å². The fourth-order valence-corrected chi connectivity index (χ4v) is 4.77.